The molecule has 2 aromatic heterocycles. The summed E-state index contributed by atoms with van der Waals surface area (Å²) >= 11 is 0. The third-order valence-electron chi connectivity index (χ3n) is 4.81. The Kier molecular flexibility index (Phi) is 4.03. The molecule has 1 amide bonds. The molecule has 0 atom stereocenters. The smallest absolute Gasteiger partial charge is 0.222 e. The van der Waals surface area contributed by atoms with Gasteiger partial charge < -0.3 is 9.88 Å². The third kappa shape index (κ3) is 3.04. The number of nitrogens with one attached hydrogen (secondary N) is 1. The second kappa shape index (κ2) is 6.48. The minimum Gasteiger partial charge on any atom is -0.360 e. The Morgan fingerprint density at radius 3 is 2.83 bits per heavy atom. The summed E-state index contributed by atoms with van der Waals surface area (Å²) in [6.45, 7) is 1.71. The fourth-order valence-electron chi connectivity index (χ4n) is 3.43. The highest BCUT2D eigenvalue weighted by Gasteiger charge is 2.30. The summed E-state index contributed by atoms with van der Waals surface area (Å²) in [5.41, 5.74) is 3.47. The zero-order chi connectivity index (χ0) is 16.4. The van der Waals surface area contributed by atoms with Gasteiger partial charge in [-0.25, -0.2) is 0 Å². The number of hydrogen-bond acceptors (Lipinski definition) is 2. The van der Waals surface area contributed by atoms with Crippen molar-refractivity contribution in [3.05, 3.63) is 66.1 Å². The third-order valence-corrected chi connectivity index (χ3v) is 4.81. The van der Waals surface area contributed by atoms with Crippen molar-refractivity contribution in [2.24, 2.45) is 5.92 Å². The summed E-state index contributed by atoms with van der Waals surface area (Å²) in [6, 6.07) is 14.3. The van der Waals surface area contributed by atoms with E-state index in [9.17, 15) is 4.79 Å². The van der Waals surface area contributed by atoms with E-state index in [0.29, 0.717) is 12.3 Å². The molecule has 0 unspecified atom stereocenters. The maximum absolute atomic E-state index is 12.3. The fraction of sp³-hybridized carbons (Fsp3) is 0.300. The van der Waals surface area contributed by atoms with Gasteiger partial charge in [-0.2, -0.15) is 0 Å². The molecule has 1 saturated heterocycles. The number of likely N-dealkylation sites (tertiary alicyclic amines) is 1. The lowest BCUT2D eigenvalue weighted by Gasteiger charge is -2.39. The summed E-state index contributed by atoms with van der Waals surface area (Å²) in [5.74, 6) is 0.785. The summed E-state index contributed by atoms with van der Waals surface area (Å²) < 4.78 is 0. The van der Waals surface area contributed by atoms with E-state index in [1.54, 1.807) is 0 Å². The van der Waals surface area contributed by atoms with Crippen LogP contribution >= 0.6 is 0 Å². The largest absolute Gasteiger partial charge is 0.360 e. The van der Waals surface area contributed by atoms with Crippen LogP contribution in [0.25, 0.3) is 10.9 Å². The van der Waals surface area contributed by atoms with E-state index >= 15 is 0 Å². The van der Waals surface area contributed by atoms with Crippen molar-refractivity contribution < 1.29 is 4.79 Å². The maximum atomic E-state index is 12.3. The standard InChI is InChI=1S/C20H21N3O/c24-19(7-6-15-4-2-1-3-5-15)23-13-16(14-23)12-18-20-17(8-10-21-18)9-11-22-20/h1-5,8-11,16,22H,6-7,12-14H2. The molecule has 4 rings (SSSR count). The molecule has 0 bridgehead atoms. The number of amides is 1. The summed E-state index contributed by atoms with van der Waals surface area (Å²) in [6.07, 6.45) is 6.18. The molecule has 0 aliphatic carbocycles. The number of aryl methyl sites for hydroxylation is 1. The van der Waals surface area contributed by atoms with Gasteiger partial charge in [-0.15, -0.1) is 0 Å². The van der Waals surface area contributed by atoms with Gasteiger partial charge >= 0.3 is 0 Å². The Balaban J connectivity index is 1.28. The Labute approximate surface area is 141 Å². The van der Waals surface area contributed by atoms with Crippen molar-refractivity contribution in [1.82, 2.24) is 14.9 Å². The zero-order valence-corrected chi connectivity index (χ0v) is 13.6. The molecule has 0 saturated carbocycles. The van der Waals surface area contributed by atoms with Gasteiger partial charge in [0, 0.05) is 37.3 Å². The normalized spacial score (nSPS) is 14.8. The van der Waals surface area contributed by atoms with Gasteiger partial charge in [0.1, 0.15) is 0 Å². The highest BCUT2D eigenvalue weighted by atomic mass is 16.2. The van der Waals surface area contributed by atoms with Crippen LogP contribution in [-0.4, -0.2) is 33.9 Å². The minimum absolute atomic E-state index is 0.265. The van der Waals surface area contributed by atoms with Crippen LogP contribution in [-0.2, 0) is 17.6 Å². The Morgan fingerprint density at radius 1 is 1.17 bits per heavy atom. The van der Waals surface area contributed by atoms with Crippen LogP contribution in [0.5, 0.6) is 0 Å². The van der Waals surface area contributed by atoms with Gasteiger partial charge in [0.25, 0.3) is 0 Å². The Bertz CT molecular complexity index is 834. The van der Waals surface area contributed by atoms with Crippen molar-refractivity contribution >= 4 is 16.8 Å². The molecule has 4 heteroatoms. The van der Waals surface area contributed by atoms with E-state index < -0.39 is 0 Å². The number of nitrogens with zero attached hydrogens (tertiary/aromatic N) is 2. The van der Waals surface area contributed by atoms with Crippen LogP contribution < -0.4 is 0 Å². The lowest BCUT2D eigenvalue weighted by atomic mass is 9.93. The number of rotatable bonds is 5. The molecule has 0 radical (unpaired) electrons. The lowest BCUT2D eigenvalue weighted by Crippen LogP contribution is -2.50. The summed E-state index contributed by atoms with van der Waals surface area (Å²) in [7, 11) is 0. The molecule has 1 fully saturated rings. The number of fused-ring (bicyclic) bond motifs is 1. The number of aromatic nitrogens is 2. The SMILES string of the molecule is O=C(CCc1ccccc1)N1CC(Cc2nccc3cc[nH]c23)C1. The van der Waals surface area contributed by atoms with Gasteiger partial charge in [0.15, 0.2) is 0 Å². The first-order chi connectivity index (χ1) is 11.8. The van der Waals surface area contributed by atoms with Gasteiger partial charge in [-0.1, -0.05) is 30.3 Å². The summed E-state index contributed by atoms with van der Waals surface area (Å²) in [5, 5.41) is 1.20. The Morgan fingerprint density at radius 2 is 2.00 bits per heavy atom. The first-order valence-corrected chi connectivity index (χ1v) is 8.52. The second-order valence-corrected chi connectivity index (χ2v) is 6.55. The van der Waals surface area contributed by atoms with E-state index in [2.05, 4.69) is 28.2 Å². The van der Waals surface area contributed by atoms with Crippen molar-refractivity contribution in [3.63, 3.8) is 0 Å². The van der Waals surface area contributed by atoms with E-state index in [0.717, 1.165) is 37.1 Å². The molecule has 4 nitrogen and oxygen atoms in total. The molecule has 1 aromatic carbocycles. The monoisotopic (exact) mass is 319 g/mol. The van der Waals surface area contributed by atoms with Crippen molar-refractivity contribution in [2.75, 3.05) is 13.1 Å². The van der Waals surface area contributed by atoms with Gasteiger partial charge in [-0.3, -0.25) is 9.78 Å². The molecule has 24 heavy (non-hydrogen) atoms. The molecular weight excluding hydrogens is 298 g/mol. The first-order valence-electron chi connectivity index (χ1n) is 8.52. The fourth-order valence-corrected chi connectivity index (χ4v) is 3.43. The predicted octanol–water partition coefficient (Wildman–Crippen LogP) is 3.20. The van der Waals surface area contributed by atoms with Crippen LogP contribution in [0.2, 0.25) is 0 Å². The lowest BCUT2D eigenvalue weighted by molar-refractivity contribution is -0.137. The van der Waals surface area contributed by atoms with Crippen LogP contribution in [0, 0.1) is 5.92 Å². The van der Waals surface area contributed by atoms with E-state index in [1.807, 2.05) is 41.6 Å². The number of carbonyl (C=O) groups excluding carboxylic acids is 1. The van der Waals surface area contributed by atoms with E-state index in [1.165, 1.54) is 10.9 Å². The Hall–Kier alpha value is -2.62. The van der Waals surface area contributed by atoms with Crippen LogP contribution in [0.1, 0.15) is 17.7 Å². The minimum atomic E-state index is 0.265. The second-order valence-electron chi connectivity index (χ2n) is 6.55. The van der Waals surface area contributed by atoms with Gasteiger partial charge in [0.05, 0.1) is 11.2 Å². The van der Waals surface area contributed by atoms with Crippen molar-refractivity contribution in [1.29, 1.82) is 0 Å². The van der Waals surface area contributed by atoms with Crippen LogP contribution in [0.4, 0.5) is 0 Å². The number of H-pyrrole nitrogens is 1. The van der Waals surface area contributed by atoms with E-state index in [-0.39, 0.29) is 5.91 Å². The number of benzene rings is 1. The number of aromatic amines is 1. The number of pyridine rings is 1. The highest BCUT2D eigenvalue weighted by molar-refractivity contribution is 5.81. The molecule has 0 spiro atoms. The molecule has 3 aromatic rings. The molecular formula is C20H21N3O. The van der Waals surface area contributed by atoms with Crippen molar-refractivity contribution in [3.8, 4) is 0 Å². The maximum Gasteiger partial charge on any atom is 0.222 e. The number of hydrogen-bond donors (Lipinski definition) is 1. The summed E-state index contributed by atoms with van der Waals surface area (Å²) in [4.78, 5) is 22.0. The van der Waals surface area contributed by atoms with E-state index in [4.69, 9.17) is 0 Å². The quantitative estimate of drug-likeness (QED) is 0.785. The average molecular weight is 319 g/mol. The first kappa shape index (κ1) is 14.9. The average Bonchev–Trinajstić information content (AvgIpc) is 3.06. The molecule has 1 N–H and O–H groups in total. The van der Waals surface area contributed by atoms with Crippen LogP contribution in [0.3, 0.4) is 0 Å². The number of carbonyl (C=O) groups is 1. The molecule has 122 valence electrons. The van der Waals surface area contributed by atoms with Gasteiger partial charge in [0.2, 0.25) is 5.91 Å². The van der Waals surface area contributed by atoms with Gasteiger partial charge in [-0.05, 0) is 36.5 Å². The molecule has 1 aliphatic rings. The zero-order valence-electron chi connectivity index (χ0n) is 13.6. The predicted molar refractivity (Wildman–Crippen MR) is 94.6 cm³/mol. The molecule has 1 aliphatic heterocycles. The highest BCUT2D eigenvalue weighted by Crippen LogP contribution is 2.24. The van der Waals surface area contributed by atoms with Crippen molar-refractivity contribution in [2.45, 2.75) is 19.3 Å². The topological polar surface area (TPSA) is 49.0 Å². The molecule has 3 heterocycles. The van der Waals surface area contributed by atoms with Crippen LogP contribution in [0.15, 0.2) is 54.9 Å².